The zero-order chi connectivity index (χ0) is 19.2. The van der Waals surface area contributed by atoms with Crippen molar-refractivity contribution in [1.29, 1.82) is 0 Å². The fraction of sp³-hybridized carbons (Fsp3) is 0.750. The second kappa shape index (κ2) is 13.2. The molecule has 0 aliphatic carbocycles. The molecule has 0 aromatic rings. The quantitative estimate of drug-likeness (QED) is 0.258. The summed E-state index contributed by atoms with van der Waals surface area (Å²) in [6, 6.07) is -0.801. The lowest BCUT2D eigenvalue weighted by Crippen LogP contribution is -2.53. The Morgan fingerprint density at radius 2 is 1.60 bits per heavy atom. The molecule has 0 aliphatic rings. The first-order valence-electron chi connectivity index (χ1n) is 8.54. The Kier molecular flexibility index (Phi) is 12.0. The van der Waals surface area contributed by atoms with Gasteiger partial charge in [0.05, 0.1) is 13.1 Å². The highest BCUT2D eigenvalue weighted by Crippen LogP contribution is 2.02. The molecule has 144 valence electrons. The Morgan fingerprint density at radius 1 is 0.920 bits per heavy atom. The van der Waals surface area contributed by atoms with Gasteiger partial charge in [0.25, 0.3) is 0 Å². The zero-order valence-corrected chi connectivity index (χ0v) is 15.3. The van der Waals surface area contributed by atoms with Gasteiger partial charge in [-0.25, -0.2) is 0 Å². The van der Waals surface area contributed by atoms with Crippen LogP contribution in [0.5, 0.6) is 0 Å². The molecule has 0 aliphatic heterocycles. The van der Waals surface area contributed by atoms with Crippen LogP contribution in [0.15, 0.2) is 0 Å². The fourth-order valence-electron chi connectivity index (χ4n) is 2.07. The first-order valence-corrected chi connectivity index (χ1v) is 8.54. The number of hydrogen-bond donors (Lipinski definition) is 5. The van der Waals surface area contributed by atoms with Crippen molar-refractivity contribution in [3.05, 3.63) is 0 Å². The van der Waals surface area contributed by atoms with Gasteiger partial charge < -0.3 is 27.0 Å². The number of nitrogens with one attached hydrogen (secondary N) is 4. The van der Waals surface area contributed by atoms with Gasteiger partial charge in [0.15, 0.2) is 0 Å². The smallest absolute Gasteiger partial charge is 0.243 e. The van der Waals surface area contributed by atoms with Crippen LogP contribution >= 0.6 is 0 Å². The number of unbranched alkanes of at least 4 members (excludes halogenated alkanes) is 2. The largest absolute Gasteiger partial charge is 0.368 e. The maximum absolute atomic E-state index is 12.0. The number of hydrogen-bond acceptors (Lipinski definition) is 5. The average molecular weight is 357 g/mol. The van der Waals surface area contributed by atoms with Crippen molar-refractivity contribution >= 4 is 23.6 Å². The minimum atomic E-state index is -0.801. The van der Waals surface area contributed by atoms with E-state index in [9.17, 15) is 19.2 Å². The SMILES string of the molecule is CNCCCCCC(=O)NCC(=O)NC(C(=O)NCC(N)=O)C(C)C. The topological polar surface area (TPSA) is 142 Å². The molecule has 0 bridgehead atoms. The number of amides is 4. The van der Waals surface area contributed by atoms with Gasteiger partial charge in [0, 0.05) is 6.42 Å². The third-order valence-corrected chi connectivity index (χ3v) is 3.48. The summed E-state index contributed by atoms with van der Waals surface area (Å²) in [7, 11) is 1.88. The summed E-state index contributed by atoms with van der Waals surface area (Å²) < 4.78 is 0. The molecule has 0 aromatic carbocycles. The predicted octanol–water partition coefficient (Wildman–Crippen LogP) is -1.38. The van der Waals surface area contributed by atoms with E-state index >= 15 is 0 Å². The summed E-state index contributed by atoms with van der Waals surface area (Å²) in [4.78, 5) is 46.3. The van der Waals surface area contributed by atoms with Gasteiger partial charge in [-0.2, -0.15) is 0 Å². The van der Waals surface area contributed by atoms with Crippen molar-refractivity contribution in [2.75, 3.05) is 26.7 Å². The first kappa shape index (κ1) is 22.8. The van der Waals surface area contributed by atoms with Gasteiger partial charge in [-0.05, 0) is 32.4 Å². The molecule has 1 atom stereocenters. The first-order chi connectivity index (χ1) is 11.8. The molecule has 0 rings (SSSR count). The van der Waals surface area contributed by atoms with Crippen LogP contribution in [0.2, 0.25) is 0 Å². The van der Waals surface area contributed by atoms with Crippen molar-refractivity contribution < 1.29 is 19.2 Å². The van der Waals surface area contributed by atoms with Gasteiger partial charge >= 0.3 is 0 Å². The lowest BCUT2D eigenvalue weighted by atomic mass is 10.0. The monoisotopic (exact) mass is 357 g/mol. The third kappa shape index (κ3) is 11.9. The molecule has 0 radical (unpaired) electrons. The summed E-state index contributed by atoms with van der Waals surface area (Å²) in [5.74, 6) is -1.99. The normalized spacial score (nSPS) is 11.7. The second-order valence-electron chi connectivity index (χ2n) is 6.16. The van der Waals surface area contributed by atoms with Crippen LogP contribution < -0.4 is 27.0 Å². The maximum Gasteiger partial charge on any atom is 0.243 e. The molecule has 0 fully saturated rings. The van der Waals surface area contributed by atoms with Crippen LogP contribution in [0.4, 0.5) is 0 Å². The lowest BCUT2D eigenvalue weighted by molar-refractivity contribution is -0.131. The Labute approximate surface area is 148 Å². The summed E-state index contributed by atoms with van der Waals surface area (Å²) in [5, 5.41) is 10.5. The Balaban J connectivity index is 4.15. The van der Waals surface area contributed by atoms with E-state index in [1.54, 1.807) is 13.8 Å². The van der Waals surface area contributed by atoms with Crippen LogP contribution in [0.25, 0.3) is 0 Å². The third-order valence-electron chi connectivity index (χ3n) is 3.48. The van der Waals surface area contributed by atoms with E-state index in [1.807, 2.05) is 7.05 Å². The Bertz CT molecular complexity index is 454. The summed E-state index contributed by atoms with van der Waals surface area (Å²) in [5.41, 5.74) is 4.97. The average Bonchev–Trinajstić information content (AvgIpc) is 2.55. The van der Waals surface area contributed by atoms with Crippen LogP contribution in [-0.2, 0) is 19.2 Å². The highest BCUT2D eigenvalue weighted by Gasteiger charge is 2.24. The van der Waals surface area contributed by atoms with Gasteiger partial charge in [-0.15, -0.1) is 0 Å². The molecule has 9 nitrogen and oxygen atoms in total. The van der Waals surface area contributed by atoms with E-state index in [-0.39, 0.29) is 24.9 Å². The molecule has 0 aromatic heterocycles. The Hall–Kier alpha value is -2.16. The van der Waals surface area contributed by atoms with Crippen LogP contribution in [0, 0.1) is 5.92 Å². The van der Waals surface area contributed by atoms with Crippen molar-refractivity contribution in [3.8, 4) is 0 Å². The van der Waals surface area contributed by atoms with E-state index in [1.165, 1.54) is 0 Å². The molecular weight excluding hydrogens is 326 g/mol. The number of rotatable bonds is 13. The lowest BCUT2D eigenvalue weighted by Gasteiger charge is -2.21. The van der Waals surface area contributed by atoms with Crippen LogP contribution in [0.3, 0.4) is 0 Å². The summed E-state index contributed by atoms with van der Waals surface area (Å²) in [6.45, 7) is 3.96. The van der Waals surface area contributed by atoms with Gasteiger partial charge in [-0.3, -0.25) is 19.2 Å². The molecular formula is C16H31N5O4. The fourth-order valence-corrected chi connectivity index (χ4v) is 2.07. The molecule has 0 saturated heterocycles. The van der Waals surface area contributed by atoms with E-state index in [4.69, 9.17) is 5.73 Å². The maximum atomic E-state index is 12.0. The predicted molar refractivity (Wildman–Crippen MR) is 94.4 cm³/mol. The molecule has 0 spiro atoms. The van der Waals surface area contributed by atoms with Gasteiger partial charge in [0.1, 0.15) is 6.04 Å². The molecule has 1 unspecified atom stereocenters. The zero-order valence-electron chi connectivity index (χ0n) is 15.3. The molecule has 9 heteroatoms. The van der Waals surface area contributed by atoms with E-state index in [2.05, 4.69) is 21.3 Å². The van der Waals surface area contributed by atoms with E-state index in [0.29, 0.717) is 6.42 Å². The highest BCUT2D eigenvalue weighted by atomic mass is 16.2. The minimum Gasteiger partial charge on any atom is -0.368 e. The second-order valence-corrected chi connectivity index (χ2v) is 6.16. The number of primary amides is 1. The Morgan fingerprint density at radius 3 is 2.16 bits per heavy atom. The summed E-state index contributed by atoms with van der Waals surface area (Å²) >= 11 is 0. The standard InChI is InChI=1S/C16H31N5O4/c1-11(2)15(16(25)20-9-12(17)22)21-14(24)10-19-13(23)7-5-4-6-8-18-3/h11,15,18H,4-10H2,1-3H3,(H2,17,22)(H,19,23)(H,20,25)(H,21,24). The van der Waals surface area contributed by atoms with Crippen molar-refractivity contribution in [2.45, 2.75) is 45.6 Å². The minimum absolute atomic E-state index is 0.181. The van der Waals surface area contributed by atoms with Crippen LogP contribution in [0.1, 0.15) is 39.5 Å². The molecule has 0 heterocycles. The van der Waals surface area contributed by atoms with E-state index < -0.39 is 23.8 Å². The molecule has 0 saturated carbocycles. The van der Waals surface area contributed by atoms with E-state index in [0.717, 1.165) is 25.8 Å². The van der Waals surface area contributed by atoms with Crippen molar-refractivity contribution in [3.63, 3.8) is 0 Å². The van der Waals surface area contributed by atoms with Crippen molar-refractivity contribution in [1.82, 2.24) is 21.3 Å². The molecule has 4 amide bonds. The van der Waals surface area contributed by atoms with Crippen LogP contribution in [-0.4, -0.2) is 56.4 Å². The van der Waals surface area contributed by atoms with Crippen molar-refractivity contribution in [2.24, 2.45) is 11.7 Å². The molecule has 6 N–H and O–H groups in total. The van der Waals surface area contributed by atoms with Gasteiger partial charge in [-0.1, -0.05) is 20.3 Å². The number of nitrogens with two attached hydrogens (primary N) is 1. The number of carbonyl (C=O) groups excluding carboxylic acids is 4. The summed E-state index contributed by atoms with van der Waals surface area (Å²) in [6.07, 6.45) is 3.07. The number of carbonyl (C=O) groups is 4. The highest BCUT2D eigenvalue weighted by molar-refractivity contribution is 5.91. The molecule has 25 heavy (non-hydrogen) atoms. The van der Waals surface area contributed by atoms with Gasteiger partial charge in [0.2, 0.25) is 23.6 Å².